The summed E-state index contributed by atoms with van der Waals surface area (Å²) in [5.74, 6) is -0.0671. The number of alkyl halides is 3. The van der Waals surface area contributed by atoms with Crippen molar-refractivity contribution in [2.45, 2.75) is 25.6 Å². The van der Waals surface area contributed by atoms with Crippen LogP contribution < -0.4 is 11.1 Å². The molecule has 1 aromatic carbocycles. The van der Waals surface area contributed by atoms with E-state index >= 15 is 0 Å². The van der Waals surface area contributed by atoms with E-state index in [4.69, 9.17) is 22.5 Å². The van der Waals surface area contributed by atoms with Crippen LogP contribution in [0.3, 0.4) is 0 Å². The highest BCUT2D eigenvalue weighted by atomic mass is 35.5. The Hall–Kier alpha value is -1.63. The van der Waals surface area contributed by atoms with E-state index < -0.39 is 17.8 Å². The molecular weight excluding hydrogens is 283 g/mol. The van der Waals surface area contributed by atoms with Crippen LogP contribution in [0, 0.1) is 0 Å². The van der Waals surface area contributed by atoms with E-state index in [0.717, 1.165) is 6.07 Å². The van der Waals surface area contributed by atoms with Gasteiger partial charge in [0, 0.05) is 23.2 Å². The van der Waals surface area contributed by atoms with Crippen molar-refractivity contribution in [2.24, 2.45) is 10.9 Å². The summed E-state index contributed by atoms with van der Waals surface area (Å²) in [6.07, 6.45) is -4.40. The van der Waals surface area contributed by atoms with Gasteiger partial charge >= 0.3 is 6.18 Å². The number of rotatable bonds is 4. The van der Waals surface area contributed by atoms with Crippen LogP contribution in [0.5, 0.6) is 0 Å². The van der Waals surface area contributed by atoms with Crippen LogP contribution in [0.4, 0.5) is 18.9 Å². The molecule has 1 rings (SSSR count). The van der Waals surface area contributed by atoms with E-state index in [0.29, 0.717) is 0 Å². The van der Waals surface area contributed by atoms with Crippen LogP contribution in [-0.2, 0) is 6.18 Å². The van der Waals surface area contributed by atoms with Gasteiger partial charge in [-0.05, 0) is 25.1 Å². The summed E-state index contributed by atoms with van der Waals surface area (Å²) in [5, 5.41) is 13.8. The normalized spacial score (nSPS) is 14.3. The summed E-state index contributed by atoms with van der Waals surface area (Å²) < 4.78 is 38.5. The molecule has 0 saturated heterocycles. The Kier molecular flexibility index (Phi) is 4.88. The third kappa shape index (κ3) is 4.51. The molecule has 0 spiro atoms. The first-order valence-electron chi connectivity index (χ1n) is 5.33. The topological polar surface area (TPSA) is 70.6 Å². The first-order valence-corrected chi connectivity index (χ1v) is 5.71. The summed E-state index contributed by atoms with van der Waals surface area (Å²) in [6, 6.07) is 3.02. The molecule has 0 radical (unpaired) electrons. The summed E-state index contributed by atoms with van der Waals surface area (Å²) in [5.41, 5.74) is 4.34. The minimum atomic E-state index is -4.51. The van der Waals surface area contributed by atoms with Gasteiger partial charge in [0.25, 0.3) is 0 Å². The Balaban J connectivity index is 2.95. The molecule has 19 heavy (non-hydrogen) atoms. The number of benzene rings is 1. The van der Waals surface area contributed by atoms with Gasteiger partial charge in [-0.2, -0.15) is 13.2 Å². The van der Waals surface area contributed by atoms with Crippen molar-refractivity contribution < 1.29 is 18.4 Å². The monoisotopic (exact) mass is 295 g/mol. The number of nitrogens with two attached hydrogens (primary N) is 1. The number of amidine groups is 1. The molecule has 1 aromatic rings. The molecule has 0 aliphatic heterocycles. The van der Waals surface area contributed by atoms with Crippen LogP contribution in [0.25, 0.3) is 0 Å². The predicted molar refractivity (Wildman–Crippen MR) is 67.6 cm³/mol. The van der Waals surface area contributed by atoms with Crippen LogP contribution in [0.1, 0.15) is 18.9 Å². The fourth-order valence-corrected chi connectivity index (χ4v) is 1.72. The lowest BCUT2D eigenvalue weighted by atomic mass is 10.1. The van der Waals surface area contributed by atoms with Crippen molar-refractivity contribution in [3.8, 4) is 0 Å². The van der Waals surface area contributed by atoms with Crippen molar-refractivity contribution >= 4 is 23.1 Å². The predicted octanol–water partition coefficient (Wildman–Crippen LogP) is 3.30. The highest BCUT2D eigenvalue weighted by Gasteiger charge is 2.34. The molecule has 4 nitrogen and oxygen atoms in total. The lowest BCUT2D eigenvalue weighted by Crippen LogP contribution is -2.25. The highest BCUT2D eigenvalue weighted by Crippen LogP contribution is 2.36. The molecule has 0 aromatic heterocycles. The summed E-state index contributed by atoms with van der Waals surface area (Å²) >= 11 is 5.57. The molecule has 0 saturated carbocycles. The summed E-state index contributed by atoms with van der Waals surface area (Å²) in [6.45, 7) is 1.62. The molecule has 0 heterocycles. The second-order valence-corrected chi connectivity index (χ2v) is 4.46. The summed E-state index contributed by atoms with van der Waals surface area (Å²) in [4.78, 5) is 0. The Bertz CT molecular complexity index is 477. The minimum Gasteiger partial charge on any atom is -0.409 e. The SMILES string of the molecule is CC(CC(N)=NO)Nc1ccc(Cl)cc1C(F)(F)F. The summed E-state index contributed by atoms with van der Waals surface area (Å²) in [7, 11) is 0. The Morgan fingerprint density at radius 2 is 2.16 bits per heavy atom. The third-order valence-electron chi connectivity index (χ3n) is 2.33. The van der Waals surface area contributed by atoms with E-state index in [-0.39, 0.29) is 23.0 Å². The van der Waals surface area contributed by atoms with Crippen molar-refractivity contribution in [3.63, 3.8) is 0 Å². The number of halogens is 4. The number of nitrogens with one attached hydrogen (secondary N) is 1. The Morgan fingerprint density at radius 1 is 1.53 bits per heavy atom. The molecule has 0 aliphatic carbocycles. The number of hydrogen-bond donors (Lipinski definition) is 3. The van der Waals surface area contributed by atoms with Crippen molar-refractivity contribution in [1.82, 2.24) is 0 Å². The maximum atomic E-state index is 12.8. The first-order chi connectivity index (χ1) is 8.74. The average molecular weight is 296 g/mol. The van der Waals surface area contributed by atoms with E-state index in [1.165, 1.54) is 12.1 Å². The zero-order chi connectivity index (χ0) is 14.6. The molecule has 1 atom stereocenters. The molecule has 0 aliphatic rings. The first kappa shape index (κ1) is 15.4. The molecule has 0 amide bonds. The van der Waals surface area contributed by atoms with Gasteiger partial charge in [0.1, 0.15) is 5.84 Å². The quantitative estimate of drug-likeness (QED) is 0.345. The van der Waals surface area contributed by atoms with Crippen molar-refractivity contribution in [2.75, 3.05) is 5.32 Å². The van der Waals surface area contributed by atoms with Crippen LogP contribution in [0.2, 0.25) is 5.02 Å². The fraction of sp³-hybridized carbons (Fsp3) is 0.364. The highest BCUT2D eigenvalue weighted by molar-refractivity contribution is 6.30. The van der Waals surface area contributed by atoms with Crippen LogP contribution >= 0.6 is 11.6 Å². The van der Waals surface area contributed by atoms with Gasteiger partial charge < -0.3 is 16.3 Å². The average Bonchev–Trinajstić information content (AvgIpc) is 2.29. The van der Waals surface area contributed by atoms with Gasteiger partial charge in [-0.1, -0.05) is 16.8 Å². The second kappa shape index (κ2) is 6.01. The Morgan fingerprint density at radius 3 is 2.68 bits per heavy atom. The third-order valence-corrected chi connectivity index (χ3v) is 2.57. The Labute approximate surface area is 113 Å². The molecular formula is C11H13ClF3N3O. The van der Waals surface area contributed by atoms with Crippen molar-refractivity contribution in [3.05, 3.63) is 28.8 Å². The zero-order valence-corrected chi connectivity index (χ0v) is 10.8. The lowest BCUT2D eigenvalue weighted by molar-refractivity contribution is -0.137. The van der Waals surface area contributed by atoms with Gasteiger partial charge in [-0.25, -0.2) is 0 Å². The number of nitrogens with zero attached hydrogens (tertiary/aromatic N) is 1. The largest absolute Gasteiger partial charge is 0.418 e. The fourth-order valence-electron chi connectivity index (χ4n) is 1.55. The lowest BCUT2D eigenvalue weighted by Gasteiger charge is -2.19. The van der Waals surface area contributed by atoms with Crippen LogP contribution in [0.15, 0.2) is 23.4 Å². The standard InChI is InChI=1S/C11H13ClF3N3O/c1-6(4-10(16)18-19)17-9-3-2-7(12)5-8(9)11(13,14)15/h2-3,5-6,17,19H,4H2,1H3,(H2,16,18). The number of oxime groups is 1. The maximum Gasteiger partial charge on any atom is 0.418 e. The van der Waals surface area contributed by atoms with E-state index in [1.807, 2.05) is 0 Å². The van der Waals surface area contributed by atoms with Gasteiger partial charge in [-0.15, -0.1) is 0 Å². The van der Waals surface area contributed by atoms with Crippen molar-refractivity contribution in [1.29, 1.82) is 0 Å². The second-order valence-electron chi connectivity index (χ2n) is 4.03. The van der Waals surface area contributed by atoms with E-state index in [2.05, 4.69) is 10.5 Å². The van der Waals surface area contributed by atoms with Gasteiger partial charge in [0.2, 0.25) is 0 Å². The molecule has 1 unspecified atom stereocenters. The maximum absolute atomic E-state index is 12.8. The number of anilines is 1. The molecule has 106 valence electrons. The number of hydrogen-bond acceptors (Lipinski definition) is 3. The van der Waals surface area contributed by atoms with Gasteiger partial charge in [0.15, 0.2) is 0 Å². The smallest absolute Gasteiger partial charge is 0.409 e. The van der Waals surface area contributed by atoms with Gasteiger partial charge in [0.05, 0.1) is 5.56 Å². The molecule has 0 fully saturated rings. The van der Waals surface area contributed by atoms with Crippen LogP contribution in [-0.4, -0.2) is 17.1 Å². The van der Waals surface area contributed by atoms with Gasteiger partial charge in [-0.3, -0.25) is 0 Å². The molecule has 0 bridgehead atoms. The minimum absolute atomic E-state index is 0.00182. The zero-order valence-electron chi connectivity index (χ0n) is 10.0. The molecule has 8 heteroatoms. The molecule has 4 N–H and O–H groups in total. The van der Waals surface area contributed by atoms with E-state index in [1.54, 1.807) is 6.92 Å². The van der Waals surface area contributed by atoms with E-state index in [9.17, 15) is 13.2 Å².